The maximum absolute atomic E-state index is 12.0. The number of nitrogens with one attached hydrogen (secondary N) is 1. The number of nitrogens with zero attached hydrogens (tertiary/aromatic N) is 3. The van der Waals surface area contributed by atoms with Crippen LogP contribution in [0.25, 0.3) is 0 Å². The Hall–Kier alpha value is -1.36. The van der Waals surface area contributed by atoms with E-state index in [0.29, 0.717) is 18.9 Å². The zero-order valence-corrected chi connectivity index (χ0v) is 11.0. The van der Waals surface area contributed by atoms with Gasteiger partial charge >= 0.3 is 0 Å². The van der Waals surface area contributed by atoms with Gasteiger partial charge in [-0.1, -0.05) is 0 Å². The van der Waals surface area contributed by atoms with E-state index in [2.05, 4.69) is 10.4 Å². The molecule has 0 aromatic carbocycles. The minimum Gasteiger partial charge on any atom is -0.345 e. The molecule has 0 unspecified atom stereocenters. The Bertz CT molecular complexity index is 357. The first-order chi connectivity index (χ1) is 8.75. The fraction of sp³-hybridized carbons (Fsp3) is 0.692. The lowest BCUT2D eigenvalue weighted by molar-refractivity contribution is -0.130. The Morgan fingerprint density at radius 1 is 1.50 bits per heavy atom. The molecule has 1 aliphatic rings. The summed E-state index contributed by atoms with van der Waals surface area (Å²) in [6, 6.07) is 1.88. The third-order valence-corrected chi connectivity index (χ3v) is 3.53. The third kappa shape index (κ3) is 3.84. The van der Waals surface area contributed by atoms with E-state index in [1.807, 2.05) is 24.2 Å². The Morgan fingerprint density at radius 2 is 2.28 bits per heavy atom. The molecule has 0 atom stereocenters. The number of rotatable bonds is 5. The molecule has 1 aromatic rings. The number of aromatic nitrogens is 2. The van der Waals surface area contributed by atoms with Crippen molar-refractivity contribution >= 4 is 5.91 Å². The van der Waals surface area contributed by atoms with Gasteiger partial charge in [0, 0.05) is 39.0 Å². The standard InChI is InChI=1S/C13H22N4O/c1-16(11-12-3-7-14-8-4-12)13(18)5-10-17-9-2-6-15-17/h2,6,9,12,14H,3-5,7-8,10-11H2,1H3. The van der Waals surface area contributed by atoms with Gasteiger partial charge in [0.2, 0.25) is 5.91 Å². The van der Waals surface area contributed by atoms with E-state index in [9.17, 15) is 4.79 Å². The largest absolute Gasteiger partial charge is 0.345 e. The predicted octanol–water partition coefficient (Wildman–Crippen LogP) is 0.731. The van der Waals surface area contributed by atoms with Crippen LogP contribution in [0, 0.1) is 5.92 Å². The van der Waals surface area contributed by atoms with Crippen molar-refractivity contribution in [2.24, 2.45) is 5.92 Å². The Balaban J connectivity index is 1.70. The summed E-state index contributed by atoms with van der Waals surface area (Å²) < 4.78 is 1.80. The zero-order chi connectivity index (χ0) is 12.8. The van der Waals surface area contributed by atoms with Crippen molar-refractivity contribution in [3.05, 3.63) is 18.5 Å². The smallest absolute Gasteiger partial charge is 0.224 e. The lowest BCUT2D eigenvalue weighted by Crippen LogP contribution is -2.37. The molecule has 5 heteroatoms. The number of aryl methyl sites for hydroxylation is 1. The molecule has 0 aliphatic carbocycles. The van der Waals surface area contributed by atoms with E-state index in [0.717, 1.165) is 19.6 Å². The first kappa shape index (κ1) is 13.1. The van der Waals surface area contributed by atoms with Crippen molar-refractivity contribution in [2.45, 2.75) is 25.8 Å². The van der Waals surface area contributed by atoms with Crippen LogP contribution in [-0.4, -0.2) is 47.3 Å². The lowest BCUT2D eigenvalue weighted by Gasteiger charge is -2.27. The van der Waals surface area contributed by atoms with Crippen LogP contribution >= 0.6 is 0 Å². The van der Waals surface area contributed by atoms with Gasteiger partial charge in [-0.3, -0.25) is 9.48 Å². The van der Waals surface area contributed by atoms with Gasteiger partial charge in [0.05, 0.1) is 0 Å². The fourth-order valence-electron chi connectivity index (χ4n) is 2.39. The zero-order valence-electron chi connectivity index (χ0n) is 11.0. The second kappa shape index (κ2) is 6.54. The molecule has 0 bridgehead atoms. The number of carbonyl (C=O) groups is 1. The van der Waals surface area contributed by atoms with Gasteiger partial charge in [-0.25, -0.2) is 0 Å². The van der Waals surface area contributed by atoms with Crippen molar-refractivity contribution < 1.29 is 4.79 Å². The summed E-state index contributed by atoms with van der Waals surface area (Å²) in [5.41, 5.74) is 0. The third-order valence-electron chi connectivity index (χ3n) is 3.53. The minimum atomic E-state index is 0.212. The molecule has 1 aromatic heterocycles. The van der Waals surface area contributed by atoms with E-state index < -0.39 is 0 Å². The monoisotopic (exact) mass is 250 g/mol. The molecule has 0 saturated carbocycles. The quantitative estimate of drug-likeness (QED) is 0.838. The molecule has 18 heavy (non-hydrogen) atoms. The van der Waals surface area contributed by atoms with Crippen LogP contribution in [0.4, 0.5) is 0 Å². The molecule has 1 saturated heterocycles. The van der Waals surface area contributed by atoms with Crippen LogP contribution in [0.5, 0.6) is 0 Å². The minimum absolute atomic E-state index is 0.212. The Morgan fingerprint density at radius 3 is 2.94 bits per heavy atom. The van der Waals surface area contributed by atoms with Crippen molar-refractivity contribution in [1.82, 2.24) is 20.0 Å². The molecule has 100 valence electrons. The highest BCUT2D eigenvalue weighted by molar-refractivity contribution is 5.75. The molecule has 1 fully saturated rings. The highest BCUT2D eigenvalue weighted by Crippen LogP contribution is 2.13. The molecule has 1 aliphatic heterocycles. The lowest BCUT2D eigenvalue weighted by atomic mass is 9.97. The topological polar surface area (TPSA) is 50.2 Å². The Labute approximate surface area is 108 Å². The first-order valence-corrected chi connectivity index (χ1v) is 6.68. The summed E-state index contributed by atoms with van der Waals surface area (Å²) in [4.78, 5) is 13.9. The average molecular weight is 250 g/mol. The van der Waals surface area contributed by atoms with Crippen molar-refractivity contribution in [2.75, 3.05) is 26.7 Å². The van der Waals surface area contributed by atoms with E-state index in [4.69, 9.17) is 0 Å². The van der Waals surface area contributed by atoms with E-state index in [1.165, 1.54) is 12.8 Å². The summed E-state index contributed by atoms with van der Waals surface area (Å²) in [6.45, 7) is 3.72. The van der Waals surface area contributed by atoms with Crippen LogP contribution in [0.1, 0.15) is 19.3 Å². The summed E-state index contributed by atoms with van der Waals surface area (Å²) in [5.74, 6) is 0.869. The number of hydrogen-bond donors (Lipinski definition) is 1. The summed E-state index contributed by atoms with van der Waals surface area (Å²) in [6.07, 6.45) is 6.51. The normalized spacial score (nSPS) is 16.7. The van der Waals surface area contributed by atoms with Crippen LogP contribution in [0.15, 0.2) is 18.5 Å². The SMILES string of the molecule is CN(CC1CCNCC1)C(=O)CCn1cccn1. The second-order valence-electron chi connectivity index (χ2n) is 4.99. The molecule has 5 nitrogen and oxygen atoms in total. The van der Waals surface area contributed by atoms with Gasteiger partial charge in [0.25, 0.3) is 0 Å². The van der Waals surface area contributed by atoms with Crippen LogP contribution in [-0.2, 0) is 11.3 Å². The first-order valence-electron chi connectivity index (χ1n) is 6.68. The van der Waals surface area contributed by atoms with Crippen LogP contribution in [0.2, 0.25) is 0 Å². The van der Waals surface area contributed by atoms with Crippen molar-refractivity contribution in [1.29, 1.82) is 0 Å². The number of piperidine rings is 1. The highest BCUT2D eigenvalue weighted by atomic mass is 16.2. The molecule has 0 radical (unpaired) electrons. The maximum Gasteiger partial charge on any atom is 0.224 e. The van der Waals surface area contributed by atoms with Crippen molar-refractivity contribution in [3.8, 4) is 0 Å². The van der Waals surface area contributed by atoms with Gasteiger partial charge in [0.1, 0.15) is 0 Å². The molecule has 1 N–H and O–H groups in total. The van der Waals surface area contributed by atoms with E-state index >= 15 is 0 Å². The molecule has 0 spiro atoms. The van der Waals surface area contributed by atoms with E-state index in [-0.39, 0.29) is 5.91 Å². The maximum atomic E-state index is 12.0. The van der Waals surface area contributed by atoms with Gasteiger partial charge in [-0.05, 0) is 37.9 Å². The molecular weight excluding hydrogens is 228 g/mol. The number of carbonyl (C=O) groups excluding carboxylic acids is 1. The van der Waals surface area contributed by atoms with Gasteiger partial charge < -0.3 is 10.2 Å². The van der Waals surface area contributed by atoms with Gasteiger partial charge in [-0.15, -0.1) is 0 Å². The van der Waals surface area contributed by atoms with Crippen LogP contribution < -0.4 is 5.32 Å². The molecule has 1 amide bonds. The summed E-state index contributed by atoms with van der Waals surface area (Å²) in [5, 5.41) is 7.45. The summed E-state index contributed by atoms with van der Waals surface area (Å²) >= 11 is 0. The second-order valence-corrected chi connectivity index (χ2v) is 4.99. The molecular formula is C13H22N4O. The number of hydrogen-bond acceptors (Lipinski definition) is 3. The Kier molecular flexibility index (Phi) is 4.75. The van der Waals surface area contributed by atoms with Gasteiger partial charge in [0.15, 0.2) is 0 Å². The van der Waals surface area contributed by atoms with E-state index in [1.54, 1.807) is 10.9 Å². The van der Waals surface area contributed by atoms with Crippen LogP contribution in [0.3, 0.4) is 0 Å². The number of amides is 1. The molecule has 2 rings (SSSR count). The van der Waals surface area contributed by atoms with Crippen molar-refractivity contribution in [3.63, 3.8) is 0 Å². The average Bonchev–Trinajstić information content (AvgIpc) is 2.90. The van der Waals surface area contributed by atoms with Gasteiger partial charge in [-0.2, -0.15) is 5.10 Å². The summed E-state index contributed by atoms with van der Waals surface area (Å²) in [7, 11) is 1.91. The fourth-order valence-corrected chi connectivity index (χ4v) is 2.39. The highest BCUT2D eigenvalue weighted by Gasteiger charge is 2.17. The predicted molar refractivity (Wildman–Crippen MR) is 70.1 cm³/mol. The molecule has 2 heterocycles.